The normalized spacial score (nSPS) is 16.7. The number of hydrogen-bond donors (Lipinski definition) is 2. The van der Waals surface area contributed by atoms with E-state index in [0.29, 0.717) is 42.3 Å². The second kappa shape index (κ2) is 6.79. The number of pyridine rings is 1. The van der Waals surface area contributed by atoms with Crippen LogP contribution in [0.2, 0.25) is 5.02 Å². The number of nitrogens with zero attached hydrogens (tertiary/aromatic N) is 2. The number of carbonyl (C=O) groups is 1. The molecule has 1 saturated heterocycles. The number of rotatable bonds is 3. The highest BCUT2D eigenvalue weighted by atomic mass is 35.5. The Morgan fingerprint density at radius 1 is 1.25 bits per heavy atom. The second-order valence-corrected chi connectivity index (χ2v) is 6.36. The minimum Gasteiger partial charge on any atom is -0.385 e. The maximum absolute atomic E-state index is 12.0. The van der Waals surface area contributed by atoms with Crippen LogP contribution in [-0.4, -0.2) is 36.1 Å². The van der Waals surface area contributed by atoms with Crippen molar-refractivity contribution in [3.8, 4) is 0 Å². The van der Waals surface area contributed by atoms with Crippen molar-refractivity contribution in [3.63, 3.8) is 0 Å². The number of piperidine rings is 1. The Balaban J connectivity index is 1.81. The van der Waals surface area contributed by atoms with Crippen LogP contribution in [-0.2, 0) is 5.60 Å². The molecule has 2 heterocycles. The second-order valence-electron chi connectivity index (χ2n) is 5.95. The Bertz CT molecular complexity index is 743. The number of halogens is 1. The van der Waals surface area contributed by atoms with Crippen molar-refractivity contribution in [1.29, 1.82) is 0 Å². The fourth-order valence-electron chi connectivity index (χ4n) is 3.16. The Labute approximate surface area is 146 Å². The number of aromatic nitrogens is 1. The molecule has 1 aliphatic heterocycles. The molecule has 2 aromatic rings. The molecule has 1 fully saturated rings. The van der Waals surface area contributed by atoms with Crippen molar-refractivity contribution >= 4 is 23.3 Å². The molecule has 0 atom stereocenters. The number of aliphatic hydroxyl groups is 1. The van der Waals surface area contributed by atoms with Crippen LogP contribution in [0.3, 0.4) is 0 Å². The van der Waals surface area contributed by atoms with Gasteiger partial charge in [-0.2, -0.15) is 0 Å². The molecule has 5 nitrogen and oxygen atoms in total. The SMILES string of the molecule is CNC(=O)c1cccnc1N1CCC(O)(c2ccccc2Cl)CC1. The fourth-order valence-corrected chi connectivity index (χ4v) is 3.47. The van der Waals surface area contributed by atoms with Gasteiger partial charge in [-0.25, -0.2) is 4.98 Å². The predicted octanol–water partition coefficient (Wildman–Crippen LogP) is 2.58. The number of amides is 1. The minimum absolute atomic E-state index is 0.162. The number of benzene rings is 1. The van der Waals surface area contributed by atoms with Gasteiger partial charge in [-0.1, -0.05) is 29.8 Å². The van der Waals surface area contributed by atoms with Crippen LogP contribution < -0.4 is 10.2 Å². The van der Waals surface area contributed by atoms with Crippen LogP contribution in [0.5, 0.6) is 0 Å². The summed E-state index contributed by atoms with van der Waals surface area (Å²) in [5.74, 6) is 0.489. The molecule has 0 spiro atoms. The number of anilines is 1. The average Bonchev–Trinajstić information content (AvgIpc) is 2.62. The largest absolute Gasteiger partial charge is 0.385 e. The molecule has 0 saturated carbocycles. The minimum atomic E-state index is -0.948. The van der Waals surface area contributed by atoms with Crippen LogP contribution in [0.15, 0.2) is 42.6 Å². The highest BCUT2D eigenvalue weighted by molar-refractivity contribution is 6.31. The number of nitrogens with one attached hydrogen (secondary N) is 1. The van der Waals surface area contributed by atoms with Gasteiger partial charge in [-0.05, 0) is 31.0 Å². The lowest BCUT2D eigenvalue weighted by Crippen LogP contribution is -2.43. The van der Waals surface area contributed by atoms with E-state index in [1.807, 2.05) is 23.1 Å². The molecule has 126 valence electrons. The summed E-state index contributed by atoms with van der Waals surface area (Å²) in [6.45, 7) is 1.20. The predicted molar refractivity (Wildman–Crippen MR) is 94.4 cm³/mol. The quantitative estimate of drug-likeness (QED) is 0.897. The molecule has 0 aliphatic carbocycles. The molecule has 0 radical (unpaired) electrons. The Morgan fingerprint density at radius 2 is 1.96 bits per heavy atom. The van der Waals surface area contributed by atoms with E-state index in [0.717, 1.165) is 5.56 Å². The van der Waals surface area contributed by atoms with Crippen molar-refractivity contribution in [1.82, 2.24) is 10.3 Å². The van der Waals surface area contributed by atoms with Crippen molar-refractivity contribution in [2.45, 2.75) is 18.4 Å². The Kier molecular flexibility index (Phi) is 4.73. The zero-order valence-electron chi connectivity index (χ0n) is 13.5. The lowest BCUT2D eigenvalue weighted by atomic mass is 9.84. The third kappa shape index (κ3) is 3.09. The average molecular weight is 346 g/mol. The van der Waals surface area contributed by atoms with E-state index < -0.39 is 5.60 Å². The monoisotopic (exact) mass is 345 g/mol. The molecule has 6 heteroatoms. The summed E-state index contributed by atoms with van der Waals surface area (Å²) in [5.41, 5.74) is 0.360. The van der Waals surface area contributed by atoms with Crippen molar-refractivity contribution < 1.29 is 9.90 Å². The molecule has 3 rings (SSSR count). The van der Waals surface area contributed by atoms with Crippen molar-refractivity contribution in [2.24, 2.45) is 0 Å². The molecule has 1 amide bonds. The van der Waals surface area contributed by atoms with Crippen LogP contribution in [0.4, 0.5) is 5.82 Å². The summed E-state index contributed by atoms with van der Waals surface area (Å²) in [6.07, 6.45) is 2.73. The topological polar surface area (TPSA) is 65.5 Å². The lowest BCUT2D eigenvalue weighted by Gasteiger charge is -2.39. The van der Waals surface area contributed by atoms with Crippen LogP contribution in [0, 0.1) is 0 Å². The van der Waals surface area contributed by atoms with Gasteiger partial charge in [-0.3, -0.25) is 4.79 Å². The molecule has 1 aliphatic rings. The molecule has 2 N–H and O–H groups in total. The van der Waals surface area contributed by atoms with Gasteiger partial charge >= 0.3 is 0 Å². The van der Waals surface area contributed by atoms with Gasteiger partial charge in [0, 0.05) is 36.9 Å². The van der Waals surface area contributed by atoms with Gasteiger partial charge in [0.25, 0.3) is 5.91 Å². The van der Waals surface area contributed by atoms with Gasteiger partial charge in [0.1, 0.15) is 5.82 Å². The van der Waals surface area contributed by atoms with E-state index in [2.05, 4.69) is 10.3 Å². The Morgan fingerprint density at radius 3 is 2.62 bits per heavy atom. The number of hydrogen-bond acceptors (Lipinski definition) is 4. The zero-order chi connectivity index (χ0) is 17.2. The van der Waals surface area contributed by atoms with Gasteiger partial charge in [-0.15, -0.1) is 0 Å². The molecule has 0 unspecified atom stereocenters. The summed E-state index contributed by atoms with van der Waals surface area (Å²) in [5, 5.41) is 14.2. The fraction of sp³-hybridized carbons (Fsp3) is 0.333. The van der Waals surface area contributed by atoms with E-state index in [-0.39, 0.29) is 5.91 Å². The Hall–Kier alpha value is -2.11. The first kappa shape index (κ1) is 16.7. The highest BCUT2D eigenvalue weighted by Crippen LogP contribution is 2.37. The van der Waals surface area contributed by atoms with Crippen LogP contribution in [0.1, 0.15) is 28.8 Å². The highest BCUT2D eigenvalue weighted by Gasteiger charge is 2.36. The molecular formula is C18H20ClN3O2. The molecule has 1 aromatic carbocycles. The zero-order valence-corrected chi connectivity index (χ0v) is 14.3. The number of carbonyl (C=O) groups excluding carboxylic acids is 1. The summed E-state index contributed by atoms with van der Waals surface area (Å²) in [4.78, 5) is 18.4. The van der Waals surface area contributed by atoms with E-state index in [1.165, 1.54) is 0 Å². The van der Waals surface area contributed by atoms with Crippen LogP contribution >= 0.6 is 11.6 Å². The standard InChI is InChI=1S/C18H20ClN3O2/c1-20-17(23)13-5-4-10-21-16(13)22-11-8-18(24,9-12-22)14-6-2-3-7-15(14)19/h2-7,10,24H,8-9,11-12H2,1H3,(H,20,23). The molecule has 24 heavy (non-hydrogen) atoms. The summed E-state index contributed by atoms with van der Waals surface area (Å²) >= 11 is 6.25. The van der Waals surface area contributed by atoms with Gasteiger partial charge in [0.2, 0.25) is 0 Å². The third-order valence-electron chi connectivity index (χ3n) is 4.52. The molecule has 0 bridgehead atoms. The van der Waals surface area contributed by atoms with Gasteiger partial charge in [0.15, 0.2) is 0 Å². The molecule has 1 aromatic heterocycles. The van der Waals surface area contributed by atoms with E-state index in [1.54, 1.807) is 31.4 Å². The summed E-state index contributed by atoms with van der Waals surface area (Å²) in [6, 6.07) is 10.9. The maximum atomic E-state index is 12.0. The van der Waals surface area contributed by atoms with E-state index >= 15 is 0 Å². The summed E-state index contributed by atoms with van der Waals surface area (Å²) in [7, 11) is 1.60. The van der Waals surface area contributed by atoms with Crippen molar-refractivity contribution in [3.05, 3.63) is 58.7 Å². The van der Waals surface area contributed by atoms with Gasteiger partial charge < -0.3 is 15.3 Å². The first-order valence-electron chi connectivity index (χ1n) is 7.94. The van der Waals surface area contributed by atoms with E-state index in [9.17, 15) is 9.90 Å². The van der Waals surface area contributed by atoms with Gasteiger partial charge in [0.05, 0.1) is 11.2 Å². The van der Waals surface area contributed by atoms with Crippen molar-refractivity contribution in [2.75, 3.05) is 25.0 Å². The van der Waals surface area contributed by atoms with E-state index in [4.69, 9.17) is 11.6 Å². The van der Waals surface area contributed by atoms with Crippen LogP contribution in [0.25, 0.3) is 0 Å². The first-order valence-corrected chi connectivity index (χ1v) is 8.32. The maximum Gasteiger partial charge on any atom is 0.254 e. The smallest absolute Gasteiger partial charge is 0.254 e. The summed E-state index contributed by atoms with van der Waals surface area (Å²) < 4.78 is 0. The first-order chi connectivity index (χ1) is 11.5. The third-order valence-corrected chi connectivity index (χ3v) is 4.85. The molecular weight excluding hydrogens is 326 g/mol. The lowest BCUT2D eigenvalue weighted by molar-refractivity contribution is 0.0117.